The molecule has 0 bridgehead atoms. The van der Waals surface area contributed by atoms with Crippen LogP contribution in [0.25, 0.3) is 22.3 Å². The lowest BCUT2D eigenvalue weighted by Crippen LogP contribution is -2.25. The molecule has 5 rings (SSSR count). The van der Waals surface area contributed by atoms with E-state index in [4.69, 9.17) is 0 Å². The maximum absolute atomic E-state index is 15.5. The average molecular weight is 633 g/mol. The molecular weight excluding hydrogens is 580 g/mol. The van der Waals surface area contributed by atoms with Crippen molar-refractivity contribution in [1.29, 1.82) is 0 Å². The van der Waals surface area contributed by atoms with Crippen molar-refractivity contribution >= 4 is 0 Å². The van der Waals surface area contributed by atoms with Crippen molar-refractivity contribution in [2.75, 3.05) is 0 Å². The normalized spacial score (nSPS) is 21.8. The fourth-order valence-electron chi connectivity index (χ4n) is 8.14. The second-order valence-corrected chi connectivity index (χ2v) is 14.1. The van der Waals surface area contributed by atoms with Gasteiger partial charge in [0, 0.05) is 11.1 Å². The molecule has 2 aliphatic rings. The first-order valence-corrected chi connectivity index (χ1v) is 18.1. The van der Waals surface area contributed by atoms with Crippen LogP contribution in [0.1, 0.15) is 127 Å². The summed E-state index contributed by atoms with van der Waals surface area (Å²) in [5.41, 5.74) is 2.27. The Morgan fingerprint density at radius 3 is 1.63 bits per heavy atom. The number of hydrogen-bond donors (Lipinski definition) is 0. The van der Waals surface area contributed by atoms with Crippen molar-refractivity contribution in [2.24, 2.45) is 17.8 Å². The third-order valence-electron chi connectivity index (χ3n) is 11.1. The molecule has 46 heavy (non-hydrogen) atoms. The highest BCUT2D eigenvalue weighted by atomic mass is 19.2. The Kier molecular flexibility index (Phi) is 12.6. The van der Waals surface area contributed by atoms with Crippen LogP contribution >= 0.6 is 0 Å². The van der Waals surface area contributed by atoms with Crippen molar-refractivity contribution in [3.63, 3.8) is 0 Å². The third kappa shape index (κ3) is 8.33. The summed E-state index contributed by atoms with van der Waals surface area (Å²) in [5.74, 6) is -1.08. The summed E-state index contributed by atoms with van der Waals surface area (Å²) in [4.78, 5) is 0. The van der Waals surface area contributed by atoms with Gasteiger partial charge in [0.15, 0.2) is 23.3 Å². The van der Waals surface area contributed by atoms with Crippen LogP contribution in [0, 0.1) is 41.0 Å². The zero-order chi connectivity index (χ0) is 32.5. The minimum absolute atomic E-state index is 0.0445. The molecule has 0 spiro atoms. The van der Waals surface area contributed by atoms with E-state index in [1.54, 1.807) is 48.5 Å². The summed E-state index contributed by atoms with van der Waals surface area (Å²) in [5, 5.41) is 0. The van der Waals surface area contributed by atoms with Gasteiger partial charge in [-0.15, -0.1) is 6.58 Å². The molecular formula is C42H52F4. The quantitative estimate of drug-likeness (QED) is 0.0942. The van der Waals surface area contributed by atoms with Gasteiger partial charge in [-0.3, -0.25) is 0 Å². The first kappa shape index (κ1) is 34.5. The highest BCUT2D eigenvalue weighted by Crippen LogP contribution is 2.45. The summed E-state index contributed by atoms with van der Waals surface area (Å²) < 4.78 is 61.0. The highest BCUT2D eigenvalue weighted by Gasteiger charge is 2.32. The molecule has 0 saturated heterocycles. The molecule has 3 aromatic rings. The Hall–Kier alpha value is -2.88. The molecule has 0 amide bonds. The topological polar surface area (TPSA) is 0 Å². The molecule has 2 aliphatic carbocycles. The van der Waals surface area contributed by atoms with Crippen LogP contribution in [-0.4, -0.2) is 0 Å². The number of benzene rings is 3. The predicted molar refractivity (Wildman–Crippen MR) is 184 cm³/mol. The van der Waals surface area contributed by atoms with Gasteiger partial charge in [-0.25, -0.2) is 17.6 Å². The van der Waals surface area contributed by atoms with Gasteiger partial charge >= 0.3 is 0 Å². The molecule has 248 valence electrons. The van der Waals surface area contributed by atoms with Gasteiger partial charge in [-0.2, -0.15) is 0 Å². The van der Waals surface area contributed by atoms with Crippen molar-refractivity contribution in [3.8, 4) is 22.3 Å². The molecule has 2 fully saturated rings. The lowest BCUT2D eigenvalue weighted by molar-refractivity contribution is 0.171. The van der Waals surface area contributed by atoms with Crippen LogP contribution in [0.3, 0.4) is 0 Å². The van der Waals surface area contributed by atoms with Crippen molar-refractivity contribution in [2.45, 2.75) is 122 Å². The smallest absolute Gasteiger partial charge is 0.166 e. The third-order valence-corrected chi connectivity index (χ3v) is 11.1. The monoisotopic (exact) mass is 632 g/mol. The highest BCUT2D eigenvalue weighted by molar-refractivity contribution is 5.71. The first-order chi connectivity index (χ1) is 22.4. The van der Waals surface area contributed by atoms with E-state index in [9.17, 15) is 4.39 Å². The summed E-state index contributed by atoms with van der Waals surface area (Å²) in [6.45, 7) is 6.16. The van der Waals surface area contributed by atoms with Gasteiger partial charge < -0.3 is 0 Å². The fourth-order valence-corrected chi connectivity index (χ4v) is 8.14. The molecule has 4 heteroatoms. The van der Waals surface area contributed by atoms with Gasteiger partial charge in [-0.1, -0.05) is 106 Å². The molecule has 0 aromatic heterocycles. The maximum atomic E-state index is 15.5. The molecule has 0 N–H and O–H groups in total. The van der Waals surface area contributed by atoms with Crippen molar-refractivity contribution in [3.05, 3.63) is 95.6 Å². The minimum Gasteiger partial charge on any atom is -0.203 e. The largest absolute Gasteiger partial charge is 0.203 e. The number of allylic oxidation sites excluding steroid dienone is 1. The molecule has 3 aromatic carbocycles. The summed E-state index contributed by atoms with van der Waals surface area (Å²) in [6.07, 6.45) is 20.8. The van der Waals surface area contributed by atoms with Crippen molar-refractivity contribution in [1.82, 2.24) is 0 Å². The Labute approximate surface area is 274 Å². The molecule has 0 heterocycles. The Balaban J connectivity index is 1.18. The van der Waals surface area contributed by atoms with Crippen LogP contribution in [0.15, 0.2) is 61.2 Å². The van der Waals surface area contributed by atoms with E-state index in [1.165, 1.54) is 57.8 Å². The second-order valence-electron chi connectivity index (χ2n) is 14.1. The molecule has 0 nitrogen and oxygen atoms in total. The van der Waals surface area contributed by atoms with E-state index in [2.05, 4.69) is 19.6 Å². The number of rotatable bonds is 14. The van der Waals surface area contributed by atoms with Gasteiger partial charge in [0.2, 0.25) is 0 Å². The minimum atomic E-state index is -0.856. The van der Waals surface area contributed by atoms with Gasteiger partial charge in [0.1, 0.15) is 0 Å². The number of unbranched alkanes of at least 4 members (excludes halogenated alkanes) is 7. The first-order valence-electron chi connectivity index (χ1n) is 18.1. The lowest BCUT2D eigenvalue weighted by atomic mass is 9.68. The van der Waals surface area contributed by atoms with E-state index < -0.39 is 23.3 Å². The van der Waals surface area contributed by atoms with Crippen LogP contribution in [-0.2, 0) is 6.42 Å². The molecule has 0 aliphatic heterocycles. The average Bonchev–Trinajstić information content (AvgIpc) is 3.09. The van der Waals surface area contributed by atoms with E-state index in [0.29, 0.717) is 40.5 Å². The van der Waals surface area contributed by atoms with Crippen molar-refractivity contribution < 1.29 is 17.6 Å². The van der Waals surface area contributed by atoms with Gasteiger partial charge in [-0.05, 0) is 110 Å². The second kappa shape index (κ2) is 16.8. The molecule has 0 unspecified atom stereocenters. The maximum Gasteiger partial charge on any atom is 0.166 e. The zero-order valence-electron chi connectivity index (χ0n) is 27.7. The SMILES string of the molecule is C=CC1CCC(C2CCC(c3ccc(-c4ccc(-c5ccc(CCCCCCCCCC)c(F)c5F)cc4)c(F)c3F)CC2)CC1. The van der Waals surface area contributed by atoms with Crippen LogP contribution in [0.4, 0.5) is 17.6 Å². The molecule has 0 radical (unpaired) electrons. The Morgan fingerprint density at radius 1 is 0.565 bits per heavy atom. The summed E-state index contributed by atoms with van der Waals surface area (Å²) in [7, 11) is 0. The Morgan fingerprint density at radius 2 is 1.07 bits per heavy atom. The standard InChI is InChI=1S/C42H52F4/c1-3-5-6-7-8-9-10-11-12-35-25-26-36(40(44)39(35)43)33-21-23-34(24-22-33)38-28-27-37(41(45)42(38)46)32-19-17-31(18-20-32)30-15-13-29(4-2)14-16-30/h4,21-32H,2-3,5-20H2,1H3. The molecule has 2 saturated carbocycles. The van der Waals surface area contributed by atoms with Gasteiger partial charge in [0.05, 0.1) is 0 Å². The number of halogens is 4. The summed E-state index contributed by atoms with van der Waals surface area (Å²) >= 11 is 0. The van der Waals surface area contributed by atoms with Crippen LogP contribution in [0.5, 0.6) is 0 Å². The number of hydrogen-bond acceptors (Lipinski definition) is 0. The predicted octanol–water partition coefficient (Wildman–Crippen LogP) is 13.5. The van der Waals surface area contributed by atoms with Crippen LogP contribution in [0.2, 0.25) is 0 Å². The van der Waals surface area contributed by atoms with E-state index in [-0.39, 0.29) is 17.0 Å². The fraction of sp³-hybridized carbons (Fsp3) is 0.524. The zero-order valence-corrected chi connectivity index (χ0v) is 27.7. The van der Waals surface area contributed by atoms with E-state index >= 15 is 13.2 Å². The molecule has 0 atom stereocenters. The van der Waals surface area contributed by atoms with E-state index in [1.807, 2.05) is 0 Å². The van der Waals surface area contributed by atoms with E-state index in [0.717, 1.165) is 50.9 Å². The lowest BCUT2D eigenvalue weighted by Gasteiger charge is -2.37. The summed E-state index contributed by atoms with van der Waals surface area (Å²) in [6, 6.07) is 13.4. The van der Waals surface area contributed by atoms with Crippen LogP contribution < -0.4 is 0 Å². The Bertz CT molecular complexity index is 1410. The van der Waals surface area contributed by atoms with Gasteiger partial charge in [0.25, 0.3) is 0 Å². The number of aryl methyl sites for hydroxylation is 1.